The lowest BCUT2D eigenvalue weighted by Crippen LogP contribution is -1.82. The van der Waals surface area contributed by atoms with Crippen LogP contribution in [0.15, 0.2) is 33.2 Å². The number of rotatable bonds is 3. The third kappa shape index (κ3) is 4.04. The molecule has 0 saturated heterocycles. The molecule has 0 rings (SSSR count). The fraction of sp³-hybridized carbons (Fsp3) is 0.400. The van der Waals surface area contributed by atoms with E-state index in [0.717, 1.165) is 15.6 Å². The van der Waals surface area contributed by atoms with E-state index in [-0.39, 0.29) is 5.83 Å². The molecule has 0 aliphatic carbocycles. The predicted octanol–water partition coefficient (Wildman–Crippen LogP) is 4.53. The van der Waals surface area contributed by atoms with Gasteiger partial charge in [-0.25, -0.2) is 4.39 Å². The van der Waals surface area contributed by atoms with E-state index in [1.807, 2.05) is 36.4 Å². The van der Waals surface area contributed by atoms with E-state index in [9.17, 15) is 4.39 Å². The first kappa shape index (κ1) is 11.9. The SMILES string of the molecule is C=C(C)/C=C(C)\C(F)=C(\I)CC. The molecule has 0 N–H and O–H groups in total. The molecule has 0 aromatic heterocycles. The Kier molecular flexibility index (Phi) is 5.46. The average Bonchev–Trinajstić information content (AvgIpc) is 2.00. The minimum absolute atomic E-state index is 0.110. The van der Waals surface area contributed by atoms with Crippen LogP contribution in [0.5, 0.6) is 0 Å². The number of hydrogen-bond donors (Lipinski definition) is 0. The fourth-order valence-electron chi connectivity index (χ4n) is 0.802. The van der Waals surface area contributed by atoms with Crippen LogP contribution < -0.4 is 0 Å². The van der Waals surface area contributed by atoms with Crippen LogP contribution >= 0.6 is 22.6 Å². The molecule has 68 valence electrons. The Morgan fingerprint density at radius 1 is 1.50 bits per heavy atom. The minimum Gasteiger partial charge on any atom is -0.206 e. The molecule has 12 heavy (non-hydrogen) atoms. The van der Waals surface area contributed by atoms with Crippen LogP contribution in [0.1, 0.15) is 27.2 Å². The Hall–Kier alpha value is -0.120. The number of halogens is 2. The van der Waals surface area contributed by atoms with Crippen molar-refractivity contribution >= 4 is 22.6 Å². The zero-order valence-corrected chi connectivity index (χ0v) is 9.90. The lowest BCUT2D eigenvalue weighted by Gasteiger charge is -2.00. The first-order valence-electron chi connectivity index (χ1n) is 3.87. The van der Waals surface area contributed by atoms with Crippen LogP contribution in [-0.4, -0.2) is 0 Å². The molecule has 0 aromatic rings. The molecule has 0 aliphatic rings. The van der Waals surface area contributed by atoms with Crippen molar-refractivity contribution < 1.29 is 4.39 Å². The summed E-state index contributed by atoms with van der Waals surface area (Å²) in [5.41, 5.74) is 1.54. The maximum absolute atomic E-state index is 13.3. The fourth-order valence-corrected chi connectivity index (χ4v) is 1.23. The highest BCUT2D eigenvalue weighted by Crippen LogP contribution is 2.24. The van der Waals surface area contributed by atoms with Crippen LogP contribution in [0.2, 0.25) is 0 Å². The molecule has 0 saturated carbocycles. The summed E-state index contributed by atoms with van der Waals surface area (Å²) in [7, 11) is 0. The molecule has 0 unspecified atom stereocenters. The van der Waals surface area contributed by atoms with E-state index in [2.05, 4.69) is 6.58 Å². The van der Waals surface area contributed by atoms with Gasteiger partial charge in [0.25, 0.3) is 0 Å². The second-order valence-electron chi connectivity index (χ2n) is 2.75. The quantitative estimate of drug-likeness (QED) is 0.526. The van der Waals surface area contributed by atoms with Gasteiger partial charge in [-0.2, -0.15) is 0 Å². The van der Waals surface area contributed by atoms with E-state index < -0.39 is 0 Å². The van der Waals surface area contributed by atoms with E-state index in [0.29, 0.717) is 5.57 Å². The summed E-state index contributed by atoms with van der Waals surface area (Å²) in [6, 6.07) is 0. The molecule has 0 aromatic carbocycles. The highest BCUT2D eigenvalue weighted by atomic mass is 127. The summed E-state index contributed by atoms with van der Waals surface area (Å²) in [6.45, 7) is 9.25. The van der Waals surface area contributed by atoms with Gasteiger partial charge in [0.1, 0.15) is 5.83 Å². The standard InChI is InChI=1S/C10H14FI/c1-5-9(12)10(11)8(4)6-7(2)3/h6H,2,5H2,1,3-4H3/b8-6-,10-9-. The van der Waals surface area contributed by atoms with Crippen molar-refractivity contribution in [2.75, 3.05) is 0 Å². The Labute approximate surface area is 87.4 Å². The summed E-state index contributed by atoms with van der Waals surface area (Å²) in [5, 5.41) is 0. The topological polar surface area (TPSA) is 0 Å². The van der Waals surface area contributed by atoms with Crippen molar-refractivity contribution in [1.82, 2.24) is 0 Å². The van der Waals surface area contributed by atoms with Gasteiger partial charge >= 0.3 is 0 Å². The van der Waals surface area contributed by atoms with Crippen molar-refractivity contribution in [3.05, 3.63) is 33.2 Å². The molecule has 0 spiro atoms. The molecule has 0 fully saturated rings. The van der Waals surface area contributed by atoms with Gasteiger partial charge in [-0.05, 0) is 48.4 Å². The summed E-state index contributed by atoms with van der Waals surface area (Å²) >= 11 is 2.03. The van der Waals surface area contributed by atoms with Crippen LogP contribution in [0.3, 0.4) is 0 Å². The van der Waals surface area contributed by atoms with Crippen molar-refractivity contribution in [2.45, 2.75) is 27.2 Å². The second-order valence-corrected chi connectivity index (χ2v) is 4.05. The lowest BCUT2D eigenvalue weighted by molar-refractivity contribution is 0.644. The number of hydrogen-bond acceptors (Lipinski definition) is 0. The Bertz CT molecular complexity index is 236. The second kappa shape index (κ2) is 5.51. The van der Waals surface area contributed by atoms with Gasteiger partial charge in [-0.15, -0.1) is 0 Å². The average molecular weight is 280 g/mol. The van der Waals surface area contributed by atoms with Gasteiger partial charge in [-0.3, -0.25) is 0 Å². The molecule has 0 radical (unpaired) electrons. The van der Waals surface area contributed by atoms with Gasteiger partial charge in [0.05, 0.1) is 0 Å². The normalized spacial score (nSPS) is 14.2. The van der Waals surface area contributed by atoms with E-state index >= 15 is 0 Å². The van der Waals surface area contributed by atoms with Crippen molar-refractivity contribution in [3.8, 4) is 0 Å². The van der Waals surface area contributed by atoms with Crippen molar-refractivity contribution in [2.24, 2.45) is 0 Å². The largest absolute Gasteiger partial charge is 0.206 e. The van der Waals surface area contributed by atoms with Crippen LogP contribution in [0, 0.1) is 0 Å². The van der Waals surface area contributed by atoms with Gasteiger partial charge in [0.2, 0.25) is 0 Å². The molecule has 0 heterocycles. The Morgan fingerprint density at radius 2 is 2.00 bits per heavy atom. The monoisotopic (exact) mass is 280 g/mol. The Morgan fingerprint density at radius 3 is 2.33 bits per heavy atom. The highest BCUT2D eigenvalue weighted by molar-refractivity contribution is 14.1. The molecule has 0 nitrogen and oxygen atoms in total. The molecule has 0 bridgehead atoms. The summed E-state index contributed by atoms with van der Waals surface area (Å²) in [6.07, 6.45) is 2.50. The number of allylic oxidation sites excluding steroid dienone is 5. The van der Waals surface area contributed by atoms with Gasteiger partial charge in [0.15, 0.2) is 0 Å². The molecular weight excluding hydrogens is 266 g/mol. The molecule has 0 amide bonds. The van der Waals surface area contributed by atoms with Crippen LogP contribution in [-0.2, 0) is 0 Å². The summed E-state index contributed by atoms with van der Waals surface area (Å²) in [5.74, 6) is -0.110. The van der Waals surface area contributed by atoms with Gasteiger partial charge in [0, 0.05) is 3.58 Å². The van der Waals surface area contributed by atoms with E-state index in [4.69, 9.17) is 0 Å². The van der Waals surface area contributed by atoms with Crippen LogP contribution in [0.4, 0.5) is 4.39 Å². The molecule has 0 atom stereocenters. The molecular formula is C10H14FI. The van der Waals surface area contributed by atoms with E-state index in [1.54, 1.807) is 13.0 Å². The van der Waals surface area contributed by atoms with E-state index in [1.165, 1.54) is 0 Å². The van der Waals surface area contributed by atoms with Crippen molar-refractivity contribution in [3.63, 3.8) is 0 Å². The third-order valence-corrected chi connectivity index (χ3v) is 2.59. The Balaban J connectivity index is 4.70. The van der Waals surface area contributed by atoms with Gasteiger partial charge < -0.3 is 0 Å². The minimum atomic E-state index is -0.110. The molecule has 2 heteroatoms. The zero-order valence-electron chi connectivity index (χ0n) is 7.75. The van der Waals surface area contributed by atoms with Crippen LogP contribution in [0.25, 0.3) is 0 Å². The van der Waals surface area contributed by atoms with Gasteiger partial charge in [-0.1, -0.05) is 25.2 Å². The maximum Gasteiger partial charge on any atom is 0.135 e. The summed E-state index contributed by atoms with van der Waals surface area (Å²) < 4.78 is 14.1. The molecule has 0 aliphatic heterocycles. The first-order valence-corrected chi connectivity index (χ1v) is 4.95. The van der Waals surface area contributed by atoms with Crippen molar-refractivity contribution in [1.29, 1.82) is 0 Å². The summed E-state index contributed by atoms with van der Waals surface area (Å²) in [4.78, 5) is 0. The smallest absolute Gasteiger partial charge is 0.135 e. The lowest BCUT2D eigenvalue weighted by atomic mass is 10.2. The third-order valence-electron chi connectivity index (χ3n) is 1.36. The highest BCUT2D eigenvalue weighted by Gasteiger charge is 2.02. The maximum atomic E-state index is 13.3. The zero-order chi connectivity index (χ0) is 9.72. The first-order chi connectivity index (χ1) is 5.49. The predicted molar refractivity (Wildman–Crippen MR) is 61.0 cm³/mol.